The number of aryl methyl sites for hydroxylation is 1. The number of aromatic nitrogens is 3. The first-order valence-electron chi connectivity index (χ1n) is 14.5. The first-order valence-corrected chi connectivity index (χ1v) is 14.5. The van der Waals surface area contributed by atoms with E-state index in [-0.39, 0.29) is 11.8 Å². The molecule has 3 aromatic rings. The molecule has 1 atom stereocenters. The Balaban J connectivity index is 0.951. The topological polar surface area (TPSA) is 111 Å². The van der Waals surface area contributed by atoms with Gasteiger partial charge in [-0.2, -0.15) is 10.4 Å². The third-order valence-corrected chi connectivity index (χ3v) is 9.15. The molecule has 212 valence electrons. The zero-order valence-corrected chi connectivity index (χ0v) is 23.7. The minimum Gasteiger partial charge on any atom is -0.338 e. The van der Waals surface area contributed by atoms with Crippen molar-refractivity contribution in [2.75, 3.05) is 44.2 Å². The SMILES string of the molecule is Cn1cnc(-c2ccc(C3=CCN(C(=O)CN4CC[C@]5(CCN(c6ccc7c(c6)C(C#N)=NC7)C5=O)C4)CC3)cc2)n1. The van der Waals surface area contributed by atoms with E-state index in [4.69, 9.17) is 0 Å². The molecule has 0 unspecified atom stereocenters. The summed E-state index contributed by atoms with van der Waals surface area (Å²) in [6.07, 6.45) is 6.19. The number of benzene rings is 2. The second kappa shape index (κ2) is 10.3. The Kier molecular flexibility index (Phi) is 6.47. The van der Waals surface area contributed by atoms with Gasteiger partial charge < -0.3 is 9.80 Å². The average Bonchev–Trinajstić information content (AvgIpc) is 3.81. The van der Waals surface area contributed by atoms with Gasteiger partial charge in [-0.3, -0.25) is 24.2 Å². The van der Waals surface area contributed by atoms with Crippen LogP contribution in [0.25, 0.3) is 17.0 Å². The number of carbonyl (C=O) groups excluding carboxylic acids is 2. The lowest BCUT2D eigenvalue weighted by Crippen LogP contribution is -2.43. The molecule has 0 aliphatic carbocycles. The number of rotatable bonds is 5. The third-order valence-electron chi connectivity index (χ3n) is 9.15. The summed E-state index contributed by atoms with van der Waals surface area (Å²) in [7, 11) is 1.86. The van der Waals surface area contributed by atoms with Crippen LogP contribution in [0.15, 0.2) is 59.9 Å². The van der Waals surface area contributed by atoms with Crippen molar-refractivity contribution in [3.05, 3.63) is 71.6 Å². The predicted octanol–water partition coefficient (Wildman–Crippen LogP) is 3.05. The number of hydrogen-bond acceptors (Lipinski definition) is 7. The molecule has 5 heterocycles. The van der Waals surface area contributed by atoms with Crippen LogP contribution in [0.3, 0.4) is 0 Å². The summed E-state index contributed by atoms with van der Waals surface area (Å²) in [5, 5.41) is 13.8. The van der Waals surface area contributed by atoms with Crippen LogP contribution in [0, 0.1) is 16.7 Å². The third kappa shape index (κ3) is 4.60. The molecular formula is C32H32N8O2. The van der Waals surface area contributed by atoms with E-state index >= 15 is 0 Å². The number of carbonyl (C=O) groups is 2. The van der Waals surface area contributed by atoms with Gasteiger partial charge in [0.1, 0.15) is 18.1 Å². The molecule has 2 fully saturated rings. The van der Waals surface area contributed by atoms with Crippen molar-refractivity contribution in [2.24, 2.45) is 17.5 Å². The molecule has 0 radical (unpaired) electrons. The molecule has 2 aromatic carbocycles. The lowest BCUT2D eigenvalue weighted by molar-refractivity contribution is -0.132. The minimum atomic E-state index is -0.447. The Hall–Kier alpha value is -4.62. The maximum absolute atomic E-state index is 13.7. The second-order valence-electron chi connectivity index (χ2n) is 11.7. The molecular weight excluding hydrogens is 528 g/mol. The molecule has 42 heavy (non-hydrogen) atoms. The summed E-state index contributed by atoms with van der Waals surface area (Å²) in [5.74, 6) is 0.950. The lowest BCUT2D eigenvalue weighted by atomic mass is 9.85. The standard InChI is InChI=1S/C32H32N8O2/c1-37-21-35-30(36-37)24-4-2-22(3-5-24)23-8-12-39(13-9-23)29(41)19-38-14-10-32(20-38)11-15-40(31(32)42)26-7-6-25-18-34-28(17-33)27(25)16-26/h2-8,16,21H,9-15,18-20H2,1H3/t32-/m0/s1. The van der Waals surface area contributed by atoms with Crippen molar-refractivity contribution in [1.82, 2.24) is 24.6 Å². The number of nitriles is 1. The van der Waals surface area contributed by atoms with Gasteiger partial charge in [0, 0.05) is 50.0 Å². The van der Waals surface area contributed by atoms with E-state index < -0.39 is 5.41 Å². The quantitative estimate of drug-likeness (QED) is 0.474. The Morgan fingerprint density at radius 3 is 2.62 bits per heavy atom. The number of anilines is 1. The minimum absolute atomic E-state index is 0.114. The fraction of sp³-hybridized carbons (Fsp3) is 0.375. The molecule has 7 rings (SSSR count). The zero-order chi connectivity index (χ0) is 28.8. The van der Waals surface area contributed by atoms with E-state index in [1.807, 2.05) is 47.2 Å². The lowest BCUT2D eigenvalue weighted by Gasteiger charge is -2.29. The highest BCUT2D eigenvalue weighted by Crippen LogP contribution is 2.43. The number of fused-ring (bicyclic) bond motifs is 1. The zero-order valence-electron chi connectivity index (χ0n) is 23.7. The van der Waals surface area contributed by atoms with E-state index in [1.54, 1.807) is 11.0 Å². The van der Waals surface area contributed by atoms with Crippen LogP contribution >= 0.6 is 0 Å². The summed E-state index contributed by atoms with van der Waals surface area (Å²) in [5.41, 5.74) is 6.07. The number of aliphatic imine (C=N–C) groups is 1. The van der Waals surface area contributed by atoms with Crippen LogP contribution in [0.2, 0.25) is 0 Å². The molecule has 10 nitrogen and oxygen atoms in total. The molecule has 2 amide bonds. The van der Waals surface area contributed by atoms with Crippen molar-refractivity contribution in [3.8, 4) is 17.5 Å². The normalized spacial score (nSPS) is 22.0. The van der Waals surface area contributed by atoms with Crippen molar-refractivity contribution < 1.29 is 9.59 Å². The van der Waals surface area contributed by atoms with Gasteiger partial charge in [-0.25, -0.2) is 4.98 Å². The van der Waals surface area contributed by atoms with E-state index in [2.05, 4.69) is 44.3 Å². The van der Waals surface area contributed by atoms with Crippen LogP contribution in [-0.2, 0) is 23.2 Å². The molecule has 0 N–H and O–H groups in total. The highest BCUT2D eigenvalue weighted by Gasteiger charge is 2.51. The summed E-state index contributed by atoms with van der Waals surface area (Å²) in [6, 6.07) is 16.3. The Morgan fingerprint density at radius 1 is 1.07 bits per heavy atom. The highest BCUT2D eigenvalue weighted by atomic mass is 16.2. The van der Waals surface area contributed by atoms with Crippen LogP contribution in [0.5, 0.6) is 0 Å². The highest BCUT2D eigenvalue weighted by molar-refractivity contribution is 6.15. The number of hydrogen-bond donors (Lipinski definition) is 0. The molecule has 10 heteroatoms. The van der Waals surface area contributed by atoms with Gasteiger partial charge in [-0.05, 0) is 54.6 Å². The second-order valence-corrected chi connectivity index (χ2v) is 11.7. The van der Waals surface area contributed by atoms with E-state index in [0.717, 1.165) is 53.7 Å². The molecule has 1 aromatic heterocycles. The molecule has 0 saturated carbocycles. The van der Waals surface area contributed by atoms with Crippen molar-refractivity contribution in [1.29, 1.82) is 5.26 Å². The Labute approximate surface area is 244 Å². The molecule has 0 bridgehead atoms. The number of likely N-dealkylation sites (tertiary alicyclic amines) is 1. The van der Waals surface area contributed by atoms with Gasteiger partial charge in [0.2, 0.25) is 11.8 Å². The van der Waals surface area contributed by atoms with Gasteiger partial charge in [0.15, 0.2) is 5.82 Å². The molecule has 4 aliphatic heterocycles. The molecule has 2 saturated heterocycles. The fourth-order valence-corrected chi connectivity index (χ4v) is 6.73. The van der Waals surface area contributed by atoms with E-state index in [1.165, 1.54) is 5.57 Å². The maximum Gasteiger partial charge on any atom is 0.237 e. The largest absolute Gasteiger partial charge is 0.338 e. The summed E-state index contributed by atoms with van der Waals surface area (Å²) in [4.78, 5) is 41.5. The first kappa shape index (κ1) is 26.3. The van der Waals surface area contributed by atoms with Crippen LogP contribution in [-0.4, -0.2) is 81.4 Å². The first-order chi connectivity index (χ1) is 20.4. The number of nitrogens with zero attached hydrogens (tertiary/aromatic N) is 8. The number of amides is 2. The smallest absolute Gasteiger partial charge is 0.237 e. The van der Waals surface area contributed by atoms with E-state index in [9.17, 15) is 14.9 Å². The van der Waals surface area contributed by atoms with E-state index in [0.29, 0.717) is 50.8 Å². The van der Waals surface area contributed by atoms with Crippen molar-refractivity contribution in [3.63, 3.8) is 0 Å². The fourth-order valence-electron chi connectivity index (χ4n) is 6.73. The van der Waals surface area contributed by atoms with Crippen molar-refractivity contribution in [2.45, 2.75) is 25.8 Å². The van der Waals surface area contributed by atoms with Gasteiger partial charge in [0.05, 0.1) is 18.5 Å². The monoisotopic (exact) mass is 560 g/mol. The van der Waals surface area contributed by atoms with Crippen LogP contribution in [0.1, 0.15) is 36.0 Å². The van der Waals surface area contributed by atoms with Gasteiger partial charge in [-0.1, -0.05) is 36.4 Å². The van der Waals surface area contributed by atoms with Gasteiger partial charge >= 0.3 is 0 Å². The van der Waals surface area contributed by atoms with Crippen LogP contribution in [0.4, 0.5) is 5.69 Å². The van der Waals surface area contributed by atoms with Crippen LogP contribution < -0.4 is 4.90 Å². The Morgan fingerprint density at radius 2 is 1.88 bits per heavy atom. The summed E-state index contributed by atoms with van der Waals surface area (Å²) >= 11 is 0. The Bertz CT molecular complexity index is 1680. The van der Waals surface area contributed by atoms with Gasteiger partial charge in [-0.15, -0.1) is 0 Å². The van der Waals surface area contributed by atoms with Crippen molar-refractivity contribution >= 4 is 28.8 Å². The maximum atomic E-state index is 13.7. The average molecular weight is 561 g/mol. The van der Waals surface area contributed by atoms with Gasteiger partial charge in [0.25, 0.3) is 0 Å². The predicted molar refractivity (Wildman–Crippen MR) is 158 cm³/mol. The summed E-state index contributed by atoms with van der Waals surface area (Å²) < 4.78 is 1.69. The molecule has 4 aliphatic rings. The summed E-state index contributed by atoms with van der Waals surface area (Å²) in [6.45, 7) is 4.14. The molecule has 1 spiro atoms.